The maximum Gasteiger partial charge on any atom is 0.309 e. The van der Waals surface area contributed by atoms with Crippen molar-refractivity contribution in [3.05, 3.63) is 71.8 Å². The summed E-state index contributed by atoms with van der Waals surface area (Å²) in [4.78, 5) is 12.4. The van der Waals surface area contributed by atoms with E-state index in [1.165, 1.54) is 0 Å². The summed E-state index contributed by atoms with van der Waals surface area (Å²) in [5.74, 6) is 0.757. The minimum Gasteiger partial charge on any atom is -0.507 e. The maximum absolute atomic E-state index is 12.4. The third kappa shape index (κ3) is 3.04. The summed E-state index contributed by atoms with van der Waals surface area (Å²) in [6, 6.07) is 19.8. The molecule has 2 atom stereocenters. The zero-order valence-electron chi connectivity index (χ0n) is 16.9. The zero-order chi connectivity index (χ0) is 20.7. The third-order valence-corrected chi connectivity index (χ3v) is 6.04. The van der Waals surface area contributed by atoms with Gasteiger partial charge in [-0.1, -0.05) is 60.7 Å². The van der Waals surface area contributed by atoms with Gasteiger partial charge in [-0.3, -0.25) is 4.79 Å². The summed E-state index contributed by atoms with van der Waals surface area (Å²) < 4.78 is 11.4. The van der Waals surface area contributed by atoms with E-state index in [4.69, 9.17) is 9.47 Å². The number of rotatable bonds is 5. The molecule has 152 valence electrons. The minimum absolute atomic E-state index is 0.00169. The highest BCUT2D eigenvalue weighted by Crippen LogP contribution is 2.60. The van der Waals surface area contributed by atoms with Gasteiger partial charge in [0.2, 0.25) is 0 Å². The van der Waals surface area contributed by atoms with Gasteiger partial charge in [0.25, 0.3) is 0 Å². The van der Waals surface area contributed by atoms with E-state index in [0.29, 0.717) is 13.2 Å². The second-order valence-corrected chi connectivity index (χ2v) is 7.85. The van der Waals surface area contributed by atoms with Crippen LogP contribution in [0.5, 0.6) is 11.5 Å². The van der Waals surface area contributed by atoms with Crippen molar-refractivity contribution in [1.29, 1.82) is 0 Å². The van der Waals surface area contributed by atoms with Gasteiger partial charge < -0.3 is 14.6 Å². The van der Waals surface area contributed by atoms with Crippen LogP contribution in [0.3, 0.4) is 0 Å². The second kappa shape index (κ2) is 7.52. The van der Waals surface area contributed by atoms with Gasteiger partial charge in [-0.15, -0.1) is 0 Å². The first-order valence-corrected chi connectivity index (χ1v) is 10.5. The molecule has 3 aromatic rings. The topological polar surface area (TPSA) is 55.8 Å². The van der Waals surface area contributed by atoms with E-state index in [1.807, 2.05) is 67.6 Å². The van der Waals surface area contributed by atoms with Crippen LogP contribution in [0.4, 0.5) is 0 Å². The normalized spacial score (nSPS) is 19.1. The van der Waals surface area contributed by atoms with Crippen molar-refractivity contribution in [2.45, 2.75) is 25.7 Å². The molecule has 1 aliphatic carbocycles. The molecule has 0 unspecified atom stereocenters. The molecule has 1 N–H and O–H groups in total. The van der Waals surface area contributed by atoms with Crippen molar-refractivity contribution in [3.8, 4) is 33.8 Å². The second-order valence-electron chi connectivity index (χ2n) is 7.85. The third-order valence-electron chi connectivity index (χ3n) is 6.04. The maximum atomic E-state index is 12.4. The first kappa shape index (κ1) is 18.7. The van der Waals surface area contributed by atoms with Crippen LogP contribution in [0.25, 0.3) is 22.3 Å². The molecule has 0 bridgehead atoms. The highest BCUT2D eigenvalue weighted by molar-refractivity contribution is 5.91. The number of phenolic OH excluding ortho intramolecular Hbond substituents is 1. The fourth-order valence-corrected chi connectivity index (χ4v) is 4.63. The van der Waals surface area contributed by atoms with Crippen molar-refractivity contribution in [3.63, 3.8) is 0 Å². The molecule has 4 nitrogen and oxygen atoms in total. The van der Waals surface area contributed by atoms with Crippen LogP contribution in [0, 0.1) is 5.92 Å². The smallest absolute Gasteiger partial charge is 0.309 e. The average Bonchev–Trinajstić information content (AvgIpc) is 3.43. The van der Waals surface area contributed by atoms with E-state index in [-0.39, 0.29) is 23.6 Å². The molecular weight excluding hydrogens is 376 g/mol. The van der Waals surface area contributed by atoms with Crippen LogP contribution in [0.1, 0.15) is 30.4 Å². The van der Waals surface area contributed by atoms with Gasteiger partial charge in [0, 0.05) is 34.6 Å². The molecule has 1 fully saturated rings. The Bertz CT molecular complexity index is 1090. The Labute approximate surface area is 176 Å². The predicted octanol–water partition coefficient (Wildman–Crippen LogP) is 5.33. The number of esters is 1. The lowest BCUT2D eigenvalue weighted by Gasteiger charge is -2.20. The first-order valence-electron chi connectivity index (χ1n) is 10.5. The van der Waals surface area contributed by atoms with Gasteiger partial charge in [0.1, 0.15) is 11.5 Å². The van der Waals surface area contributed by atoms with Gasteiger partial charge in [0.05, 0.1) is 19.1 Å². The Kier molecular flexibility index (Phi) is 4.70. The van der Waals surface area contributed by atoms with Crippen LogP contribution in [0.2, 0.25) is 0 Å². The molecule has 0 aromatic heterocycles. The van der Waals surface area contributed by atoms with Crippen molar-refractivity contribution in [2.24, 2.45) is 5.92 Å². The molecule has 1 aliphatic heterocycles. The van der Waals surface area contributed by atoms with E-state index >= 15 is 0 Å². The lowest BCUT2D eigenvalue weighted by molar-refractivity contribution is -0.144. The predicted molar refractivity (Wildman–Crippen MR) is 116 cm³/mol. The molecule has 0 saturated heterocycles. The number of carbonyl (C=O) groups is 1. The molecule has 30 heavy (non-hydrogen) atoms. The number of ether oxygens (including phenoxy) is 2. The number of aromatic hydroxyl groups is 1. The largest absolute Gasteiger partial charge is 0.507 e. The van der Waals surface area contributed by atoms with E-state index in [2.05, 4.69) is 0 Å². The van der Waals surface area contributed by atoms with E-state index in [0.717, 1.165) is 52.0 Å². The molecule has 4 heteroatoms. The summed E-state index contributed by atoms with van der Waals surface area (Å²) in [6.07, 6.45) is 1.46. The SMILES string of the molecule is CCOC(=O)[C@H]1C[C@@H]1c1c2c(c(-c3ccccc3)c(O)c1-c1ccccc1)CCO2. The number of hydrogen-bond donors (Lipinski definition) is 1. The number of hydrogen-bond acceptors (Lipinski definition) is 4. The molecular formula is C26H24O4. The van der Waals surface area contributed by atoms with Crippen molar-refractivity contribution in [2.75, 3.05) is 13.2 Å². The number of phenols is 1. The van der Waals surface area contributed by atoms with E-state index in [1.54, 1.807) is 0 Å². The average molecular weight is 400 g/mol. The first-order chi connectivity index (χ1) is 14.7. The molecule has 0 radical (unpaired) electrons. The Hall–Kier alpha value is -3.27. The summed E-state index contributed by atoms with van der Waals surface area (Å²) in [7, 11) is 0. The Morgan fingerprint density at radius 2 is 1.67 bits per heavy atom. The van der Waals surface area contributed by atoms with Gasteiger partial charge in [-0.2, -0.15) is 0 Å². The standard InChI is InChI=1S/C26H24O4/c1-2-29-26(28)20-15-19(20)23-22(17-11-7-4-8-12-17)24(27)21(16-9-5-3-6-10-16)18-13-14-30-25(18)23/h3-12,19-20,27H,2,13-15H2,1H3/t19-,20-/m0/s1. The van der Waals surface area contributed by atoms with Crippen LogP contribution in [0.15, 0.2) is 60.7 Å². The van der Waals surface area contributed by atoms with Crippen LogP contribution >= 0.6 is 0 Å². The lowest BCUT2D eigenvalue weighted by Crippen LogP contribution is -2.08. The number of fused-ring (bicyclic) bond motifs is 1. The Morgan fingerprint density at radius 1 is 1.03 bits per heavy atom. The van der Waals surface area contributed by atoms with E-state index < -0.39 is 0 Å². The van der Waals surface area contributed by atoms with Crippen LogP contribution in [-0.4, -0.2) is 24.3 Å². The van der Waals surface area contributed by atoms with E-state index in [9.17, 15) is 9.90 Å². The summed E-state index contributed by atoms with van der Waals surface area (Å²) in [5.41, 5.74) is 5.48. The van der Waals surface area contributed by atoms with Gasteiger partial charge >= 0.3 is 5.97 Å². The monoisotopic (exact) mass is 400 g/mol. The molecule has 1 saturated carbocycles. The summed E-state index contributed by atoms with van der Waals surface area (Å²) >= 11 is 0. The fraction of sp³-hybridized carbons (Fsp3) is 0.269. The molecule has 0 spiro atoms. The molecule has 1 heterocycles. The van der Waals surface area contributed by atoms with Crippen molar-refractivity contribution < 1.29 is 19.4 Å². The van der Waals surface area contributed by atoms with Gasteiger partial charge in [0.15, 0.2) is 0 Å². The van der Waals surface area contributed by atoms with Crippen molar-refractivity contribution >= 4 is 5.97 Å². The highest BCUT2D eigenvalue weighted by Gasteiger charge is 2.49. The van der Waals surface area contributed by atoms with Gasteiger partial charge in [-0.25, -0.2) is 0 Å². The minimum atomic E-state index is -0.178. The van der Waals surface area contributed by atoms with Crippen LogP contribution < -0.4 is 4.74 Å². The lowest BCUT2D eigenvalue weighted by atomic mass is 9.86. The van der Waals surface area contributed by atoms with Crippen LogP contribution in [-0.2, 0) is 16.0 Å². The Morgan fingerprint density at radius 3 is 2.30 bits per heavy atom. The summed E-state index contributed by atoms with van der Waals surface area (Å²) in [6.45, 7) is 2.78. The fourth-order valence-electron chi connectivity index (χ4n) is 4.63. The molecule has 0 amide bonds. The molecule has 3 aromatic carbocycles. The highest BCUT2D eigenvalue weighted by atomic mass is 16.5. The Balaban J connectivity index is 1.74. The summed E-state index contributed by atoms with van der Waals surface area (Å²) in [5, 5.41) is 11.6. The van der Waals surface area contributed by atoms with Gasteiger partial charge in [-0.05, 0) is 24.5 Å². The van der Waals surface area contributed by atoms with Crippen molar-refractivity contribution in [1.82, 2.24) is 0 Å². The number of carbonyl (C=O) groups excluding carboxylic acids is 1. The number of benzene rings is 3. The molecule has 5 rings (SSSR count). The molecule has 2 aliphatic rings. The zero-order valence-corrected chi connectivity index (χ0v) is 16.9. The quantitative estimate of drug-likeness (QED) is 0.588.